The third-order valence-electron chi connectivity index (χ3n) is 5.18. The van der Waals surface area contributed by atoms with E-state index in [1.165, 1.54) is 31.9 Å². The zero-order valence-corrected chi connectivity index (χ0v) is 19.7. The molecule has 6 nitrogen and oxygen atoms in total. The highest BCUT2D eigenvalue weighted by Gasteiger charge is 2.24. The lowest BCUT2D eigenvalue weighted by atomic mass is 10.1. The molecule has 0 bridgehead atoms. The van der Waals surface area contributed by atoms with Crippen LogP contribution in [0.4, 0.5) is 0 Å². The number of ether oxygens (including phenoxy) is 1. The molecule has 168 valence electrons. The summed E-state index contributed by atoms with van der Waals surface area (Å²) in [7, 11) is -3.60. The molecule has 0 spiro atoms. The van der Waals surface area contributed by atoms with Gasteiger partial charge < -0.3 is 9.64 Å². The van der Waals surface area contributed by atoms with Gasteiger partial charge in [0.25, 0.3) is 0 Å². The van der Waals surface area contributed by atoms with Gasteiger partial charge in [0.15, 0.2) is 0 Å². The smallest absolute Gasteiger partial charge is 0.209 e. The summed E-state index contributed by atoms with van der Waals surface area (Å²) >= 11 is 0. The van der Waals surface area contributed by atoms with Gasteiger partial charge in [-0.2, -0.15) is 5.10 Å². The molecule has 2 aromatic rings. The van der Waals surface area contributed by atoms with Crippen LogP contribution in [0.5, 0.6) is 5.75 Å². The quantitative estimate of drug-likeness (QED) is 0.421. The number of aromatic amines is 1. The van der Waals surface area contributed by atoms with Crippen molar-refractivity contribution in [2.45, 2.75) is 75.5 Å². The minimum atomic E-state index is -3.60. The van der Waals surface area contributed by atoms with Gasteiger partial charge in [0.2, 0.25) is 9.84 Å². The van der Waals surface area contributed by atoms with Crippen molar-refractivity contribution in [1.29, 1.82) is 0 Å². The third kappa shape index (κ3) is 6.84. The minimum Gasteiger partial charge on any atom is -0.494 e. The first-order valence-electron chi connectivity index (χ1n) is 11.1. The molecule has 0 fully saturated rings. The Kier molecular flexibility index (Phi) is 9.85. The van der Waals surface area contributed by atoms with E-state index in [0.717, 1.165) is 26.1 Å². The first-order valence-corrected chi connectivity index (χ1v) is 12.6. The number of benzene rings is 1. The Morgan fingerprint density at radius 2 is 1.60 bits per heavy atom. The highest BCUT2D eigenvalue weighted by molar-refractivity contribution is 7.91. The van der Waals surface area contributed by atoms with Crippen molar-refractivity contribution < 1.29 is 13.2 Å². The SMILES string of the molecule is CCCCN(CCCC)CCCOc1ccc(S(=O)(=O)c2cn[nH]c2C(C)C)cc1. The lowest BCUT2D eigenvalue weighted by Crippen LogP contribution is -2.28. The number of aromatic nitrogens is 2. The maximum atomic E-state index is 12.9. The van der Waals surface area contributed by atoms with Crippen LogP contribution < -0.4 is 4.74 Å². The van der Waals surface area contributed by atoms with E-state index >= 15 is 0 Å². The Bertz CT molecular complexity index is 837. The number of sulfone groups is 1. The second kappa shape index (κ2) is 12.1. The van der Waals surface area contributed by atoms with Crippen LogP contribution in [0.3, 0.4) is 0 Å². The Hall–Kier alpha value is -1.86. The third-order valence-corrected chi connectivity index (χ3v) is 6.97. The van der Waals surface area contributed by atoms with Gasteiger partial charge in [-0.15, -0.1) is 0 Å². The average molecular weight is 436 g/mol. The largest absolute Gasteiger partial charge is 0.494 e. The molecule has 7 heteroatoms. The van der Waals surface area contributed by atoms with Crippen LogP contribution in [0.1, 0.15) is 71.4 Å². The van der Waals surface area contributed by atoms with Gasteiger partial charge in [0.1, 0.15) is 10.6 Å². The summed E-state index contributed by atoms with van der Waals surface area (Å²) in [5, 5.41) is 6.72. The Morgan fingerprint density at radius 1 is 1.00 bits per heavy atom. The van der Waals surface area contributed by atoms with Crippen LogP contribution in [0, 0.1) is 0 Å². The first kappa shape index (κ1) is 24.4. The van der Waals surface area contributed by atoms with E-state index in [1.807, 2.05) is 13.8 Å². The highest BCUT2D eigenvalue weighted by Crippen LogP contribution is 2.28. The molecule has 30 heavy (non-hydrogen) atoms. The molecular weight excluding hydrogens is 398 g/mol. The highest BCUT2D eigenvalue weighted by atomic mass is 32.2. The fourth-order valence-corrected chi connectivity index (χ4v) is 4.84. The molecule has 1 aromatic carbocycles. The van der Waals surface area contributed by atoms with Gasteiger partial charge in [-0.25, -0.2) is 8.42 Å². The molecule has 0 radical (unpaired) electrons. The number of hydrogen-bond acceptors (Lipinski definition) is 5. The maximum Gasteiger partial charge on any atom is 0.209 e. The van der Waals surface area contributed by atoms with Crippen LogP contribution in [0.2, 0.25) is 0 Å². The summed E-state index contributed by atoms with van der Waals surface area (Å²) in [5.74, 6) is 0.744. The fourth-order valence-electron chi connectivity index (χ4n) is 3.33. The Balaban J connectivity index is 1.90. The summed E-state index contributed by atoms with van der Waals surface area (Å²) in [4.78, 5) is 3.01. The Morgan fingerprint density at radius 3 is 2.17 bits per heavy atom. The average Bonchev–Trinajstić information content (AvgIpc) is 3.24. The van der Waals surface area contributed by atoms with E-state index in [-0.39, 0.29) is 15.7 Å². The molecule has 1 heterocycles. The molecule has 0 atom stereocenters. The van der Waals surface area contributed by atoms with Gasteiger partial charge >= 0.3 is 0 Å². The first-order chi connectivity index (χ1) is 14.4. The van der Waals surface area contributed by atoms with Crippen molar-refractivity contribution in [3.05, 3.63) is 36.2 Å². The molecule has 0 saturated heterocycles. The van der Waals surface area contributed by atoms with Crippen molar-refractivity contribution in [2.75, 3.05) is 26.2 Å². The van der Waals surface area contributed by atoms with E-state index in [9.17, 15) is 8.42 Å². The van der Waals surface area contributed by atoms with E-state index < -0.39 is 9.84 Å². The van der Waals surface area contributed by atoms with Crippen molar-refractivity contribution >= 4 is 9.84 Å². The molecule has 0 amide bonds. The second-order valence-electron chi connectivity index (χ2n) is 8.03. The normalized spacial score (nSPS) is 12.1. The number of nitrogens with one attached hydrogen (secondary N) is 1. The summed E-state index contributed by atoms with van der Waals surface area (Å²) in [6.07, 6.45) is 7.24. The maximum absolute atomic E-state index is 12.9. The molecule has 0 saturated carbocycles. The zero-order chi connectivity index (χ0) is 22.0. The zero-order valence-electron chi connectivity index (χ0n) is 18.9. The molecule has 0 aliphatic heterocycles. The fraction of sp³-hybridized carbons (Fsp3) is 0.609. The van der Waals surface area contributed by atoms with Crippen LogP contribution in [-0.4, -0.2) is 49.8 Å². The predicted molar refractivity (Wildman–Crippen MR) is 121 cm³/mol. The Labute approximate surface area is 181 Å². The molecule has 0 aliphatic carbocycles. The molecule has 0 aliphatic rings. The molecule has 1 aromatic heterocycles. The van der Waals surface area contributed by atoms with E-state index in [4.69, 9.17) is 4.74 Å². The van der Waals surface area contributed by atoms with E-state index in [2.05, 4.69) is 28.9 Å². The van der Waals surface area contributed by atoms with Crippen LogP contribution in [0.15, 0.2) is 40.3 Å². The van der Waals surface area contributed by atoms with Gasteiger partial charge in [-0.05, 0) is 62.5 Å². The van der Waals surface area contributed by atoms with Gasteiger partial charge in [0.05, 0.1) is 23.4 Å². The number of rotatable bonds is 14. The van der Waals surface area contributed by atoms with Crippen molar-refractivity contribution in [3.8, 4) is 5.75 Å². The summed E-state index contributed by atoms with van der Waals surface area (Å²) < 4.78 is 31.7. The topological polar surface area (TPSA) is 75.3 Å². The lowest BCUT2D eigenvalue weighted by molar-refractivity contribution is 0.229. The second-order valence-corrected chi connectivity index (χ2v) is 9.95. The standard InChI is InChI=1S/C23H37N3O3S/c1-5-7-14-26(15-8-6-2)16-9-17-29-20-10-12-21(13-11-20)30(27,28)22-18-24-25-23(22)19(3)4/h10-13,18-19H,5-9,14-17H2,1-4H3,(H,24,25). The van der Waals surface area contributed by atoms with Crippen molar-refractivity contribution in [2.24, 2.45) is 0 Å². The van der Waals surface area contributed by atoms with Crippen molar-refractivity contribution in [1.82, 2.24) is 15.1 Å². The molecular formula is C23H37N3O3S. The van der Waals surface area contributed by atoms with Crippen LogP contribution in [-0.2, 0) is 9.84 Å². The minimum absolute atomic E-state index is 0.0501. The number of H-pyrrole nitrogens is 1. The molecule has 2 rings (SSSR count). The number of hydrogen-bond donors (Lipinski definition) is 1. The van der Waals surface area contributed by atoms with Gasteiger partial charge in [-0.3, -0.25) is 5.10 Å². The summed E-state index contributed by atoms with van der Waals surface area (Å²) in [6.45, 7) is 12.3. The van der Waals surface area contributed by atoms with E-state index in [1.54, 1.807) is 24.3 Å². The van der Waals surface area contributed by atoms with Crippen LogP contribution in [0.25, 0.3) is 0 Å². The number of unbranched alkanes of at least 4 members (excludes halogenated alkanes) is 2. The lowest BCUT2D eigenvalue weighted by Gasteiger charge is -2.21. The van der Waals surface area contributed by atoms with Crippen molar-refractivity contribution in [3.63, 3.8) is 0 Å². The summed E-state index contributed by atoms with van der Waals surface area (Å²) in [6, 6.07) is 6.68. The number of nitrogens with zero attached hydrogens (tertiary/aromatic N) is 2. The molecule has 1 N–H and O–H groups in total. The van der Waals surface area contributed by atoms with Crippen LogP contribution >= 0.6 is 0 Å². The predicted octanol–water partition coefficient (Wildman–Crippen LogP) is 5.04. The van der Waals surface area contributed by atoms with E-state index in [0.29, 0.717) is 18.1 Å². The summed E-state index contributed by atoms with van der Waals surface area (Å²) in [5.41, 5.74) is 0.631. The van der Waals surface area contributed by atoms with Gasteiger partial charge in [-0.1, -0.05) is 40.5 Å². The monoisotopic (exact) mass is 435 g/mol. The van der Waals surface area contributed by atoms with Gasteiger partial charge in [0, 0.05) is 6.54 Å². The molecule has 0 unspecified atom stereocenters.